The van der Waals surface area contributed by atoms with Crippen LogP contribution in [0.5, 0.6) is 5.75 Å². The van der Waals surface area contributed by atoms with Crippen LogP contribution in [-0.4, -0.2) is 42.3 Å². The van der Waals surface area contributed by atoms with Crippen molar-refractivity contribution in [1.29, 1.82) is 0 Å². The van der Waals surface area contributed by atoms with E-state index in [4.69, 9.17) is 16.3 Å². The fourth-order valence-electron chi connectivity index (χ4n) is 2.44. The maximum atomic E-state index is 11.8. The summed E-state index contributed by atoms with van der Waals surface area (Å²) in [6.07, 6.45) is 1.80. The lowest BCUT2D eigenvalue weighted by Crippen LogP contribution is -2.39. The van der Waals surface area contributed by atoms with Crippen molar-refractivity contribution in [2.75, 3.05) is 19.7 Å². The van der Waals surface area contributed by atoms with Gasteiger partial charge in [0.15, 0.2) is 6.61 Å². The molecule has 0 bridgehead atoms. The van der Waals surface area contributed by atoms with E-state index in [9.17, 15) is 4.79 Å². The number of carbonyl (C=O) groups is 1. The van der Waals surface area contributed by atoms with E-state index in [2.05, 4.69) is 29.3 Å². The van der Waals surface area contributed by atoms with Crippen LogP contribution in [0.3, 0.4) is 0 Å². The van der Waals surface area contributed by atoms with Crippen LogP contribution in [0.15, 0.2) is 23.3 Å². The molecular weight excluding hydrogens is 314 g/mol. The van der Waals surface area contributed by atoms with Gasteiger partial charge in [-0.2, -0.15) is 5.10 Å². The van der Waals surface area contributed by atoms with Gasteiger partial charge in [-0.15, -0.1) is 0 Å². The summed E-state index contributed by atoms with van der Waals surface area (Å²) < 4.78 is 5.44. The Labute approximate surface area is 142 Å². The Morgan fingerprint density at radius 1 is 1.39 bits per heavy atom. The van der Waals surface area contributed by atoms with E-state index in [1.54, 1.807) is 12.1 Å². The van der Waals surface area contributed by atoms with Crippen LogP contribution in [0.2, 0.25) is 5.02 Å². The highest BCUT2D eigenvalue weighted by Crippen LogP contribution is 2.20. The Hall–Kier alpha value is -1.59. The largest absolute Gasteiger partial charge is 0.484 e. The first-order valence-corrected chi connectivity index (χ1v) is 8.31. The highest BCUT2D eigenvalue weighted by Gasteiger charge is 2.17. The summed E-state index contributed by atoms with van der Waals surface area (Å²) in [6, 6.07) is 5.87. The highest BCUT2D eigenvalue weighted by atomic mass is 35.5. The minimum atomic E-state index is -0.253. The summed E-state index contributed by atoms with van der Waals surface area (Å²) in [5, 5.41) is 4.89. The summed E-state index contributed by atoms with van der Waals surface area (Å²) in [5.74, 6) is 0.372. The van der Waals surface area contributed by atoms with E-state index in [1.807, 2.05) is 13.0 Å². The number of rotatable bonds is 5. The van der Waals surface area contributed by atoms with Gasteiger partial charge in [-0.25, -0.2) is 5.43 Å². The lowest BCUT2D eigenvalue weighted by molar-refractivity contribution is -0.123. The fourth-order valence-corrected chi connectivity index (χ4v) is 2.56. The number of nitrogens with one attached hydrogen (secondary N) is 1. The van der Waals surface area contributed by atoms with E-state index in [1.165, 1.54) is 0 Å². The lowest BCUT2D eigenvalue weighted by Gasteiger charge is -2.30. The van der Waals surface area contributed by atoms with E-state index in [-0.39, 0.29) is 12.5 Å². The van der Waals surface area contributed by atoms with E-state index < -0.39 is 0 Å². The number of aryl methyl sites for hydroxylation is 1. The molecule has 2 rings (SSSR count). The number of likely N-dealkylation sites (tertiary alicyclic amines) is 1. The summed E-state index contributed by atoms with van der Waals surface area (Å²) in [5.41, 5.74) is 4.53. The van der Waals surface area contributed by atoms with Crippen LogP contribution in [0.25, 0.3) is 0 Å². The SMILES string of the molecule is Cc1cc(OCC(=O)NN=C2CCN(C(C)C)CC2)ccc1Cl. The molecule has 1 aromatic carbocycles. The normalized spacial score (nSPS) is 15.6. The van der Waals surface area contributed by atoms with Gasteiger partial charge in [0, 0.05) is 42.7 Å². The summed E-state index contributed by atoms with van der Waals surface area (Å²) in [6.45, 7) is 8.21. The number of piperidine rings is 1. The number of benzene rings is 1. The van der Waals surface area contributed by atoms with Gasteiger partial charge in [-0.05, 0) is 44.5 Å². The average Bonchev–Trinajstić information content (AvgIpc) is 2.54. The van der Waals surface area contributed by atoms with Gasteiger partial charge >= 0.3 is 0 Å². The first-order valence-electron chi connectivity index (χ1n) is 7.93. The van der Waals surface area contributed by atoms with Gasteiger partial charge in [0.05, 0.1) is 0 Å². The van der Waals surface area contributed by atoms with Crippen LogP contribution in [-0.2, 0) is 4.79 Å². The first kappa shape index (κ1) is 17.8. The van der Waals surface area contributed by atoms with Gasteiger partial charge in [0.2, 0.25) is 0 Å². The van der Waals surface area contributed by atoms with Crippen molar-refractivity contribution in [1.82, 2.24) is 10.3 Å². The average molecular weight is 338 g/mol. The van der Waals surface area contributed by atoms with Crippen LogP contribution < -0.4 is 10.2 Å². The number of carbonyl (C=O) groups excluding carboxylic acids is 1. The topological polar surface area (TPSA) is 53.9 Å². The molecule has 0 atom stereocenters. The van der Waals surface area contributed by atoms with Gasteiger partial charge in [-0.3, -0.25) is 4.79 Å². The summed E-state index contributed by atoms with van der Waals surface area (Å²) in [7, 11) is 0. The molecule has 0 spiro atoms. The highest BCUT2D eigenvalue weighted by molar-refractivity contribution is 6.31. The standard InChI is InChI=1S/C17H24ClN3O2/c1-12(2)21-8-6-14(7-9-21)19-20-17(22)11-23-15-4-5-16(18)13(3)10-15/h4-5,10,12H,6-9,11H2,1-3H3,(H,20,22). The van der Waals surface area contributed by atoms with Crippen molar-refractivity contribution in [2.45, 2.75) is 39.7 Å². The van der Waals surface area contributed by atoms with Crippen molar-refractivity contribution in [2.24, 2.45) is 5.10 Å². The molecule has 1 amide bonds. The van der Waals surface area contributed by atoms with E-state index in [0.717, 1.165) is 37.2 Å². The Morgan fingerprint density at radius 3 is 2.70 bits per heavy atom. The molecule has 0 unspecified atom stereocenters. The predicted molar refractivity (Wildman–Crippen MR) is 93.2 cm³/mol. The number of hydrogen-bond acceptors (Lipinski definition) is 4. The quantitative estimate of drug-likeness (QED) is 0.840. The first-order chi connectivity index (χ1) is 11.0. The van der Waals surface area contributed by atoms with Crippen LogP contribution in [0, 0.1) is 6.92 Å². The zero-order chi connectivity index (χ0) is 16.8. The Balaban J connectivity index is 1.75. The van der Waals surface area contributed by atoms with Crippen molar-refractivity contribution < 1.29 is 9.53 Å². The third kappa shape index (κ3) is 5.52. The third-order valence-corrected chi connectivity index (χ3v) is 4.37. The number of amides is 1. The summed E-state index contributed by atoms with van der Waals surface area (Å²) >= 11 is 5.95. The smallest absolute Gasteiger partial charge is 0.277 e. The molecule has 5 nitrogen and oxygen atoms in total. The maximum Gasteiger partial charge on any atom is 0.277 e. The maximum absolute atomic E-state index is 11.8. The van der Waals surface area contributed by atoms with Crippen LogP contribution in [0.1, 0.15) is 32.3 Å². The molecule has 126 valence electrons. The second-order valence-corrected chi connectivity index (χ2v) is 6.45. The van der Waals surface area contributed by atoms with Crippen molar-refractivity contribution >= 4 is 23.2 Å². The van der Waals surface area contributed by atoms with Gasteiger partial charge in [-0.1, -0.05) is 11.6 Å². The number of hydrogen-bond donors (Lipinski definition) is 1. The second kappa shape index (κ2) is 8.31. The number of nitrogens with zero attached hydrogens (tertiary/aromatic N) is 2. The minimum absolute atomic E-state index is 0.0596. The van der Waals surface area contributed by atoms with E-state index in [0.29, 0.717) is 16.8 Å². The third-order valence-electron chi connectivity index (χ3n) is 3.94. The molecule has 1 fully saturated rings. The Kier molecular flexibility index (Phi) is 6.42. The fraction of sp³-hybridized carbons (Fsp3) is 0.529. The van der Waals surface area contributed by atoms with Crippen LogP contribution >= 0.6 is 11.6 Å². The molecule has 0 aromatic heterocycles. The molecule has 1 aromatic rings. The predicted octanol–water partition coefficient (Wildman–Crippen LogP) is 3.00. The van der Waals surface area contributed by atoms with Crippen molar-refractivity contribution in [3.8, 4) is 5.75 Å². The number of halogens is 1. The lowest BCUT2D eigenvalue weighted by atomic mass is 10.1. The molecule has 1 heterocycles. The van der Waals surface area contributed by atoms with Gasteiger partial charge < -0.3 is 9.64 Å². The zero-order valence-corrected chi connectivity index (χ0v) is 14.7. The second-order valence-electron chi connectivity index (χ2n) is 6.04. The number of ether oxygens (including phenoxy) is 1. The molecule has 1 saturated heterocycles. The molecule has 1 N–H and O–H groups in total. The monoisotopic (exact) mass is 337 g/mol. The van der Waals surface area contributed by atoms with Crippen molar-refractivity contribution in [3.63, 3.8) is 0 Å². The molecule has 1 aliphatic rings. The van der Waals surface area contributed by atoms with Crippen molar-refractivity contribution in [3.05, 3.63) is 28.8 Å². The zero-order valence-electron chi connectivity index (χ0n) is 13.9. The van der Waals surface area contributed by atoms with E-state index >= 15 is 0 Å². The molecular formula is C17H24ClN3O2. The molecule has 6 heteroatoms. The minimum Gasteiger partial charge on any atom is -0.484 e. The summed E-state index contributed by atoms with van der Waals surface area (Å²) in [4.78, 5) is 14.2. The van der Waals surface area contributed by atoms with Gasteiger partial charge in [0.25, 0.3) is 5.91 Å². The Bertz CT molecular complexity index is 577. The molecule has 0 aliphatic carbocycles. The molecule has 0 radical (unpaired) electrons. The Morgan fingerprint density at radius 2 is 2.09 bits per heavy atom. The molecule has 1 aliphatic heterocycles. The number of hydrazone groups is 1. The van der Waals surface area contributed by atoms with Gasteiger partial charge in [0.1, 0.15) is 5.75 Å². The molecule has 0 saturated carbocycles. The molecule has 23 heavy (non-hydrogen) atoms. The van der Waals surface area contributed by atoms with Crippen LogP contribution in [0.4, 0.5) is 0 Å².